The predicted molar refractivity (Wildman–Crippen MR) is 104 cm³/mol. The van der Waals surface area contributed by atoms with Crippen LogP contribution in [0.2, 0.25) is 0 Å². The molecule has 0 aromatic heterocycles. The lowest BCUT2D eigenvalue weighted by Crippen LogP contribution is -2.57. The molecule has 2 aromatic rings. The minimum atomic E-state index is -0.642. The zero-order valence-electron chi connectivity index (χ0n) is 15.8. The van der Waals surface area contributed by atoms with Crippen LogP contribution in [0.15, 0.2) is 42.5 Å². The van der Waals surface area contributed by atoms with Crippen molar-refractivity contribution < 1.29 is 18.7 Å². The second-order valence-corrected chi connectivity index (χ2v) is 6.64. The Labute approximate surface area is 163 Å². The normalized spacial score (nSPS) is 16.6. The number of piperazine rings is 1. The molecule has 0 saturated carbocycles. The van der Waals surface area contributed by atoms with E-state index in [1.54, 1.807) is 12.1 Å². The van der Waals surface area contributed by atoms with Gasteiger partial charge in [-0.15, -0.1) is 0 Å². The summed E-state index contributed by atoms with van der Waals surface area (Å²) < 4.78 is 20.1. The van der Waals surface area contributed by atoms with Crippen molar-refractivity contribution in [2.45, 2.75) is 25.8 Å². The maximum atomic E-state index is 14.4. The van der Waals surface area contributed by atoms with Crippen LogP contribution in [0.1, 0.15) is 29.3 Å². The van der Waals surface area contributed by atoms with Gasteiger partial charge in [0.1, 0.15) is 23.4 Å². The lowest BCUT2D eigenvalue weighted by molar-refractivity contribution is -0.127. The van der Waals surface area contributed by atoms with Crippen molar-refractivity contribution in [3.8, 4) is 11.5 Å². The summed E-state index contributed by atoms with van der Waals surface area (Å²) in [6.45, 7) is 3.08. The molecule has 1 atom stereocenters. The van der Waals surface area contributed by atoms with E-state index >= 15 is 0 Å². The summed E-state index contributed by atoms with van der Waals surface area (Å²) in [4.78, 5) is 26.3. The average molecular weight is 385 g/mol. The van der Waals surface area contributed by atoms with Crippen LogP contribution in [0.3, 0.4) is 0 Å². The van der Waals surface area contributed by atoms with Crippen molar-refractivity contribution in [1.29, 1.82) is 0 Å². The van der Waals surface area contributed by atoms with Crippen molar-refractivity contribution in [1.82, 2.24) is 10.2 Å². The van der Waals surface area contributed by atoms with Crippen LogP contribution < -0.4 is 15.8 Å². The molecule has 0 aliphatic carbocycles. The third-order valence-electron chi connectivity index (χ3n) is 4.74. The molecule has 0 spiro atoms. The highest BCUT2D eigenvalue weighted by atomic mass is 19.1. The predicted octanol–water partition coefficient (Wildman–Crippen LogP) is 2.47. The SMILES string of the molecule is CCC1C(=O)NCCN1C(=O)c1cc(Oc2ccc(CCN)cc2)ccc1F. The van der Waals surface area contributed by atoms with Crippen LogP contribution in [-0.4, -0.2) is 42.4 Å². The molecule has 2 aromatic carbocycles. The third-order valence-corrected chi connectivity index (χ3v) is 4.74. The van der Waals surface area contributed by atoms with Gasteiger partial charge in [-0.05, 0) is 55.3 Å². The Morgan fingerprint density at radius 3 is 2.64 bits per heavy atom. The first-order valence-corrected chi connectivity index (χ1v) is 9.38. The maximum absolute atomic E-state index is 14.4. The Hall–Kier alpha value is -2.93. The average Bonchev–Trinajstić information content (AvgIpc) is 2.70. The van der Waals surface area contributed by atoms with Gasteiger partial charge in [0.05, 0.1) is 5.56 Å². The van der Waals surface area contributed by atoms with Gasteiger partial charge in [0.15, 0.2) is 0 Å². The summed E-state index contributed by atoms with van der Waals surface area (Å²) >= 11 is 0. The summed E-state index contributed by atoms with van der Waals surface area (Å²) in [6.07, 6.45) is 1.24. The maximum Gasteiger partial charge on any atom is 0.257 e. The molecule has 6 nitrogen and oxygen atoms in total. The van der Waals surface area contributed by atoms with Crippen molar-refractivity contribution in [3.05, 3.63) is 59.4 Å². The van der Waals surface area contributed by atoms with Crippen LogP contribution in [-0.2, 0) is 11.2 Å². The Kier molecular flexibility index (Phi) is 6.26. The number of carbonyl (C=O) groups excluding carboxylic acids is 2. The Morgan fingerprint density at radius 1 is 1.25 bits per heavy atom. The molecule has 28 heavy (non-hydrogen) atoms. The molecule has 0 bridgehead atoms. The van der Waals surface area contributed by atoms with E-state index in [2.05, 4.69) is 5.32 Å². The van der Waals surface area contributed by atoms with Crippen LogP contribution in [0.4, 0.5) is 4.39 Å². The number of carbonyl (C=O) groups is 2. The summed E-state index contributed by atoms with van der Waals surface area (Å²) in [5, 5.41) is 2.73. The number of benzene rings is 2. The van der Waals surface area contributed by atoms with Gasteiger partial charge in [0.25, 0.3) is 5.91 Å². The van der Waals surface area contributed by atoms with E-state index in [-0.39, 0.29) is 11.5 Å². The number of halogens is 1. The first-order chi connectivity index (χ1) is 13.5. The zero-order valence-corrected chi connectivity index (χ0v) is 15.8. The number of ether oxygens (including phenoxy) is 1. The Morgan fingerprint density at radius 2 is 1.96 bits per heavy atom. The second-order valence-electron chi connectivity index (χ2n) is 6.64. The fourth-order valence-corrected chi connectivity index (χ4v) is 3.28. The van der Waals surface area contributed by atoms with Crippen molar-refractivity contribution >= 4 is 11.8 Å². The van der Waals surface area contributed by atoms with Crippen LogP contribution in [0.5, 0.6) is 11.5 Å². The highest BCUT2D eigenvalue weighted by Gasteiger charge is 2.33. The zero-order chi connectivity index (χ0) is 20.1. The molecule has 1 aliphatic heterocycles. The number of nitrogens with two attached hydrogens (primary N) is 1. The Bertz CT molecular complexity index is 854. The van der Waals surface area contributed by atoms with Crippen molar-refractivity contribution in [2.24, 2.45) is 5.73 Å². The first kappa shape index (κ1) is 19.8. The molecular weight excluding hydrogens is 361 g/mol. The van der Waals surface area contributed by atoms with Gasteiger partial charge in [-0.1, -0.05) is 19.1 Å². The largest absolute Gasteiger partial charge is 0.457 e. The molecular formula is C21H24FN3O3. The van der Waals surface area contributed by atoms with E-state index in [9.17, 15) is 14.0 Å². The van der Waals surface area contributed by atoms with E-state index in [4.69, 9.17) is 10.5 Å². The smallest absolute Gasteiger partial charge is 0.257 e. The molecule has 0 radical (unpaired) electrons. The number of nitrogens with zero attached hydrogens (tertiary/aromatic N) is 1. The van der Waals surface area contributed by atoms with E-state index in [1.165, 1.54) is 23.1 Å². The number of nitrogens with one attached hydrogen (secondary N) is 1. The molecule has 7 heteroatoms. The minimum absolute atomic E-state index is 0.106. The standard InChI is InChI=1S/C21H24FN3O3/c1-2-19-20(26)24-11-12-25(19)21(27)17-13-16(7-8-18(17)22)28-15-5-3-14(4-6-15)9-10-23/h3-8,13,19H,2,9-12,23H2,1H3,(H,24,26). The van der Waals surface area contributed by atoms with Gasteiger partial charge in [0, 0.05) is 13.1 Å². The Balaban J connectivity index is 1.80. The van der Waals surface area contributed by atoms with Gasteiger partial charge in [-0.2, -0.15) is 0 Å². The van der Waals surface area contributed by atoms with Gasteiger partial charge in [0.2, 0.25) is 5.91 Å². The summed E-state index contributed by atoms with van der Waals surface area (Å²) in [5.41, 5.74) is 6.53. The number of hydrogen-bond acceptors (Lipinski definition) is 4. The van der Waals surface area contributed by atoms with E-state index in [0.29, 0.717) is 37.6 Å². The van der Waals surface area contributed by atoms with Crippen LogP contribution in [0.25, 0.3) is 0 Å². The molecule has 2 amide bonds. The highest BCUT2D eigenvalue weighted by Crippen LogP contribution is 2.26. The van der Waals surface area contributed by atoms with Gasteiger partial charge < -0.3 is 20.7 Å². The number of hydrogen-bond donors (Lipinski definition) is 2. The van der Waals surface area contributed by atoms with Crippen molar-refractivity contribution in [3.63, 3.8) is 0 Å². The number of rotatable bonds is 6. The summed E-state index contributed by atoms with van der Waals surface area (Å²) in [6, 6.07) is 10.9. The lowest BCUT2D eigenvalue weighted by atomic mass is 10.1. The third kappa shape index (κ3) is 4.31. The molecule has 3 N–H and O–H groups in total. The van der Waals surface area contributed by atoms with Crippen LogP contribution >= 0.6 is 0 Å². The topological polar surface area (TPSA) is 84.7 Å². The molecule has 1 saturated heterocycles. The van der Waals surface area contributed by atoms with E-state index < -0.39 is 17.8 Å². The summed E-state index contributed by atoms with van der Waals surface area (Å²) in [5.74, 6) is -0.438. The van der Waals surface area contributed by atoms with E-state index in [1.807, 2.05) is 19.1 Å². The molecule has 1 heterocycles. The molecule has 1 aliphatic rings. The van der Waals surface area contributed by atoms with Gasteiger partial charge >= 0.3 is 0 Å². The highest BCUT2D eigenvalue weighted by molar-refractivity contribution is 5.98. The van der Waals surface area contributed by atoms with Crippen LogP contribution in [0, 0.1) is 5.82 Å². The van der Waals surface area contributed by atoms with Crippen molar-refractivity contribution in [2.75, 3.05) is 19.6 Å². The fourth-order valence-electron chi connectivity index (χ4n) is 3.28. The fraction of sp³-hybridized carbons (Fsp3) is 0.333. The minimum Gasteiger partial charge on any atom is -0.457 e. The quantitative estimate of drug-likeness (QED) is 0.800. The molecule has 3 rings (SSSR count). The molecule has 148 valence electrons. The van der Waals surface area contributed by atoms with Gasteiger partial charge in [-0.25, -0.2) is 4.39 Å². The monoisotopic (exact) mass is 385 g/mol. The first-order valence-electron chi connectivity index (χ1n) is 9.38. The lowest BCUT2D eigenvalue weighted by Gasteiger charge is -2.34. The van der Waals surface area contributed by atoms with Gasteiger partial charge in [-0.3, -0.25) is 9.59 Å². The number of amides is 2. The van der Waals surface area contributed by atoms with E-state index in [0.717, 1.165) is 12.0 Å². The molecule has 1 unspecified atom stereocenters. The molecule has 1 fully saturated rings. The summed E-state index contributed by atoms with van der Waals surface area (Å²) in [7, 11) is 0. The second kappa shape index (κ2) is 8.84.